The van der Waals surface area contributed by atoms with E-state index in [0.29, 0.717) is 0 Å². The number of hydrogen-bond acceptors (Lipinski definition) is 3. The van der Waals surface area contributed by atoms with E-state index in [-0.39, 0.29) is 0 Å². The summed E-state index contributed by atoms with van der Waals surface area (Å²) in [5, 5.41) is 0. The molecule has 0 saturated carbocycles. The van der Waals surface area contributed by atoms with Crippen molar-refractivity contribution in [2.75, 3.05) is 0 Å². The molecule has 4 rings (SSSR count). The van der Waals surface area contributed by atoms with Crippen molar-refractivity contribution in [3.05, 3.63) is 54.4 Å². The first-order valence-corrected chi connectivity index (χ1v) is 8.18. The summed E-state index contributed by atoms with van der Waals surface area (Å²) in [6.07, 6.45) is 2.84. The fourth-order valence-corrected chi connectivity index (χ4v) is 3.00. The Labute approximate surface area is 140 Å². The van der Waals surface area contributed by atoms with Gasteiger partial charge in [0.1, 0.15) is 0 Å². The number of aromatic nitrogens is 4. The number of hydrogen-bond donors (Lipinski definition) is 0. The van der Waals surface area contributed by atoms with Gasteiger partial charge in [-0.05, 0) is 30.7 Å². The van der Waals surface area contributed by atoms with E-state index < -0.39 is 0 Å². The number of fused-ring (bicyclic) bond motifs is 2. The summed E-state index contributed by atoms with van der Waals surface area (Å²) in [5.41, 5.74) is 4.17. The molecule has 2 heterocycles. The second-order valence-corrected chi connectivity index (χ2v) is 5.83. The summed E-state index contributed by atoms with van der Waals surface area (Å²) < 4.78 is 4.21. The van der Waals surface area contributed by atoms with Crippen LogP contribution in [0.2, 0.25) is 0 Å². The highest BCUT2D eigenvalue weighted by Gasteiger charge is 2.09. The molecule has 0 N–H and O–H groups in total. The Morgan fingerprint density at radius 2 is 1.62 bits per heavy atom. The minimum absolute atomic E-state index is 0.727. The van der Waals surface area contributed by atoms with Crippen molar-refractivity contribution < 1.29 is 0 Å². The van der Waals surface area contributed by atoms with E-state index in [1.165, 1.54) is 0 Å². The maximum absolute atomic E-state index is 4.66. The number of aryl methyl sites for hydroxylation is 2. The molecule has 0 amide bonds. The van der Waals surface area contributed by atoms with Gasteiger partial charge in [-0.1, -0.05) is 31.2 Å². The van der Waals surface area contributed by atoms with Crippen LogP contribution in [0, 0.1) is 0 Å². The van der Waals surface area contributed by atoms with Gasteiger partial charge in [-0.15, -0.1) is 0 Å². The molecule has 0 fully saturated rings. The summed E-state index contributed by atoms with van der Waals surface area (Å²) in [6, 6.07) is 16.2. The molecular formula is C19H19N5. The standard InChI is InChI=1S/C19H19N5/c1-3-12-24-17-11-7-5-9-15(17)22-19(24)20-13-18-21-14-8-4-6-10-16(14)23(18)2/h4-11,13H,3,12H2,1-2H3/b20-13+. The third-order valence-corrected chi connectivity index (χ3v) is 4.20. The van der Waals surface area contributed by atoms with Crippen LogP contribution in [0.1, 0.15) is 19.2 Å². The Bertz CT molecular complexity index is 1040. The number of aliphatic imine (C=N–C) groups is 1. The van der Waals surface area contributed by atoms with Crippen molar-refractivity contribution in [2.24, 2.45) is 12.0 Å². The predicted octanol–water partition coefficient (Wildman–Crippen LogP) is 4.08. The van der Waals surface area contributed by atoms with Crippen LogP contribution in [0.15, 0.2) is 53.5 Å². The minimum atomic E-state index is 0.727. The molecule has 0 aliphatic heterocycles. The van der Waals surface area contributed by atoms with E-state index in [1.807, 2.05) is 48.0 Å². The zero-order valence-electron chi connectivity index (χ0n) is 13.8. The monoisotopic (exact) mass is 317 g/mol. The average molecular weight is 317 g/mol. The summed E-state index contributed by atoms with van der Waals surface area (Å²) >= 11 is 0. The first-order valence-electron chi connectivity index (χ1n) is 8.18. The molecule has 0 unspecified atom stereocenters. The molecular weight excluding hydrogens is 298 g/mol. The van der Waals surface area contributed by atoms with Gasteiger partial charge in [0.25, 0.3) is 0 Å². The topological polar surface area (TPSA) is 48.0 Å². The first-order chi connectivity index (χ1) is 11.8. The largest absolute Gasteiger partial charge is 0.326 e. The molecule has 0 bridgehead atoms. The lowest BCUT2D eigenvalue weighted by molar-refractivity contribution is 0.701. The lowest BCUT2D eigenvalue weighted by atomic mass is 10.3. The molecule has 24 heavy (non-hydrogen) atoms. The Morgan fingerprint density at radius 3 is 2.33 bits per heavy atom. The van der Waals surface area contributed by atoms with Crippen LogP contribution in [-0.2, 0) is 13.6 Å². The third kappa shape index (κ3) is 2.38. The highest BCUT2D eigenvalue weighted by molar-refractivity contribution is 5.86. The average Bonchev–Trinajstić information content (AvgIpc) is 3.12. The van der Waals surface area contributed by atoms with Crippen molar-refractivity contribution in [2.45, 2.75) is 19.9 Å². The van der Waals surface area contributed by atoms with E-state index in [2.05, 4.69) is 38.6 Å². The Morgan fingerprint density at radius 1 is 0.958 bits per heavy atom. The van der Waals surface area contributed by atoms with Gasteiger partial charge >= 0.3 is 0 Å². The fraction of sp³-hybridized carbons (Fsp3) is 0.211. The minimum Gasteiger partial charge on any atom is -0.326 e. The molecule has 2 aromatic carbocycles. The van der Waals surface area contributed by atoms with Crippen LogP contribution in [0.3, 0.4) is 0 Å². The van der Waals surface area contributed by atoms with Gasteiger partial charge in [-0.3, -0.25) is 0 Å². The number of benzene rings is 2. The van der Waals surface area contributed by atoms with Gasteiger partial charge in [0, 0.05) is 13.6 Å². The van der Waals surface area contributed by atoms with Crippen LogP contribution in [0.25, 0.3) is 22.1 Å². The first kappa shape index (κ1) is 14.6. The highest BCUT2D eigenvalue weighted by atomic mass is 15.2. The second kappa shape index (κ2) is 5.92. The molecule has 0 spiro atoms. The molecule has 4 aromatic rings. The maximum Gasteiger partial charge on any atom is 0.230 e. The third-order valence-electron chi connectivity index (χ3n) is 4.20. The van der Waals surface area contributed by atoms with Crippen LogP contribution in [-0.4, -0.2) is 25.3 Å². The molecule has 5 nitrogen and oxygen atoms in total. The van der Waals surface area contributed by atoms with E-state index in [1.54, 1.807) is 6.21 Å². The molecule has 5 heteroatoms. The quantitative estimate of drug-likeness (QED) is 0.532. The Kier molecular flexibility index (Phi) is 3.61. The van der Waals surface area contributed by atoms with Crippen LogP contribution >= 0.6 is 0 Å². The van der Waals surface area contributed by atoms with Crippen molar-refractivity contribution in [1.82, 2.24) is 19.1 Å². The number of rotatable bonds is 4. The van der Waals surface area contributed by atoms with Crippen LogP contribution < -0.4 is 0 Å². The Balaban J connectivity index is 1.79. The lowest BCUT2D eigenvalue weighted by Gasteiger charge is -2.03. The molecule has 0 atom stereocenters. The molecule has 0 radical (unpaired) electrons. The van der Waals surface area contributed by atoms with Gasteiger partial charge in [0.15, 0.2) is 5.82 Å². The van der Waals surface area contributed by atoms with Gasteiger partial charge in [-0.25, -0.2) is 15.0 Å². The molecule has 0 aliphatic rings. The van der Waals surface area contributed by atoms with E-state index >= 15 is 0 Å². The maximum atomic E-state index is 4.66. The van der Waals surface area contributed by atoms with E-state index in [4.69, 9.17) is 0 Å². The summed E-state index contributed by atoms with van der Waals surface area (Å²) in [7, 11) is 2.01. The van der Waals surface area contributed by atoms with Gasteiger partial charge in [-0.2, -0.15) is 0 Å². The van der Waals surface area contributed by atoms with Gasteiger partial charge in [0.2, 0.25) is 5.95 Å². The van der Waals surface area contributed by atoms with Crippen LogP contribution in [0.4, 0.5) is 5.95 Å². The second-order valence-electron chi connectivity index (χ2n) is 5.83. The summed E-state index contributed by atoms with van der Waals surface area (Å²) in [5.74, 6) is 1.55. The summed E-state index contributed by atoms with van der Waals surface area (Å²) in [6.45, 7) is 3.06. The van der Waals surface area contributed by atoms with Crippen LogP contribution in [0.5, 0.6) is 0 Å². The molecule has 2 aromatic heterocycles. The fourth-order valence-electron chi connectivity index (χ4n) is 3.00. The van der Waals surface area contributed by atoms with Gasteiger partial charge in [0.05, 0.1) is 28.3 Å². The smallest absolute Gasteiger partial charge is 0.230 e. The predicted molar refractivity (Wildman–Crippen MR) is 98.0 cm³/mol. The molecule has 0 saturated heterocycles. The SMILES string of the molecule is CCCn1c(/N=C/c2nc3ccccc3n2C)nc2ccccc21. The Hall–Kier alpha value is -2.95. The summed E-state index contributed by atoms with van der Waals surface area (Å²) in [4.78, 5) is 13.9. The van der Waals surface area contributed by atoms with E-state index in [0.717, 1.165) is 46.8 Å². The van der Waals surface area contributed by atoms with Crippen molar-refractivity contribution in [1.29, 1.82) is 0 Å². The van der Waals surface area contributed by atoms with Crippen molar-refractivity contribution >= 4 is 34.2 Å². The normalized spacial score (nSPS) is 11.9. The molecule has 0 aliphatic carbocycles. The van der Waals surface area contributed by atoms with Crippen molar-refractivity contribution in [3.63, 3.8) is 0 Å². The molecule has 120 valence electrons. The van der Waals surface area contributed by atoms with E-state index in [9.17, 15) is 0 Å². The number of para-hydroxylation sites is 4. The van der Waals surface area contributed by atoms with Crippen molar-refractivity contribution in [3.8, 4) is 0 Å². The lowest BCUT2D eigenvalue weighted by Crippen LogP contribution is -1.98. The number of nitrogens with zero attached hydrogens (tertiary/aromatic N) is 5. The highest BCUT2D eigenvalue weighted by Crippen LogP contribution is 2.22. The number of imidazole rings is 2. The zero-order valence-corrected chi connectivity index (χ0v) is 13.8. The zero-order chi connectivity index (χ0) is 16.5. The van der Waals surface area contributed by atoms with Gasteiger partial charge < -0.3 is 9.13 Å².